The maximum absolute atomic E-state index is 13.2. The average Bonchev–Trinajstić information content (AvgIpc) is 3.17. The van der Waals surface area contributed by atoms with Crippen molar-refractivity contribution in [2.45, 2.75) is 90.1 Å². The number of nitrogens with zero attached hydrogens (tertiary/aromatic N) is 4. The van der Waals surface area contributed by atoms with Crippen molar-refractivity contribution < 1.29 is 14.3 Å². The topological polar surface area (TPSA) is 66.0 Å². The largest absolute Gasteiger partial charge is 0.444 e. The number of likely N-dealkylation sites (tertiary alicyclic amines) is 3. The fourth-order valence-corrected chi connectivity index (χ4v) is 8.82. The van der Waals surface area contributed by atoms with Gasteiger partial charge in [-0.05, 0) is 154 Å². The third kappa shape index (κ3) is 8.27. The highest BCUT2D eigenvalue weighted by Gasteiger charge is 2.34. The molecule has 1 aromatic heterocycles. The molecule has 0 spiro atoms. The molecule has 3 fully saturated rings. The van der Waals surface area contributed by atoms with E-state index in [0.29, 0.717) is 37.3 Å². The summed E-state index contributed by atoms with van der Waals surface area (Å²) in [7, 11) is 0. The molecular weight excluding hydrogens is 664 g/mol. The molecule has 6 rings (SSSR count). The Bertz CT molecular complexity index is 1340. The zero-order chi connectivity index (χ0) is 32.4. The van der Waals surface area contributed by atoms with Crippen molar-refractivity contribution in [1.82, 2.24) is 19.7 Å². The molecule has 1 atom stereocenters. The molecule has 0 bridgehead atoms. The van der Waals surface area contributed by atoms with Gasteiger partial charge in [-0.25, -0.2) is 4.79 Å². The smallest absolute Gasteiger partial charge is 0.410 e. The second-order valence-corrected chi connectivity index (χ2v) is 16.4. The second-order valence-electron chi connectivity index (χ2n) is 15.1. The number of ether oxygens (including phenoxy) is 1. The van der Waals surface area contributed by atoms with E-state index in [1.54, 1.807) is 4.90 Å². The summed E-state index contributed by atoms with van der Waals surface area (Å²) in [5, 5.41) is 0.812. The molecular formula is C37H50BrClN4O3. The normalized spacial score (nSPS) is 22.2. The first kappa shape index (κ1) is 33.7. The highest BCUT2D eigenvalue weighted by Crippen LogP contribution is 2.38. The minimum Gasteiger partial charge on any atom is -0.444 e. The van der Waals surface area contributed by atoms with Gasteiger partial charge in [0.2, 0.25) is 5.91 Å². The van der Waals surface area contributed by atoms with Crippen molar-refractivity contribution in [3.63, 3.8) is 0 Å². The minimum atomic E-state index is -0.480. The number of halogens is 2. The van der Waals surface area contributed by atoms with E-state index < -0.39 is 5.60 Å². The molecule has 1 aromatic carbocycles. The van der Waals surface area contributed by atoms with Crippen molar-refractivity contribution in [2.75, 3.05) is 45.8 Å². The number of aryl methyl sites for hydroxylation is 2. The third-order valence-electron chi connectivity index (χ3n) is 10.8. The van der Waals surface area contributed by atoms with Gasteiger partial charge in [0.15, 0.2) is 0 Å². The molecule has 3 aliphatic heterocycles. The molecule has 1 aliphatic carbocycles. The number of carbonyl (C=O) groups is 2. The summed E-state index contributed by atoms with van der Waals surface area (Å²) < 4.78 is 6.57. The standard InChI is InChI=1S/C37H50BrClN4O3/c1-37(2,3)46-36(45)43-16-8-25(9-17-43)20-34(44)42-18-12-27(13-19-42)26-10-14-41(15-11-26)24-33-32-7-6-31(39)22-28(32)4-5-29-21-30(38)23-40-35(29)33/h6-7,21-23,25-27,33H,4-5,8-20,24H2,1-3H3. The van der Waals surface area contributed by atoms with Crippen LogP contribution in [0.2, 0.25) is 5.02 Å². The van der Waals surface area contributed by atoms with E-state index in [-0.39, 0.29) is 12.0 Å². The number of piperidine rings is 3. The van der Waals surface area contributed by atoms with Crippen molar-refractivity contribution in [1.29, 1.82) is 0 Å². The Morgan fingerprint density at radius 1 is 0.891 bits per heavy atom. The second kappa shape index (κ2) is 14.5. The number of amides is 2. The van der Waals surface area contributed by atoms with Crippen molar-refractivity contribution in [2.24, 2.45) is 17.8 Å². The molecule has 0 saturated carbocycles. The Morgan fingerprint density at radius 2 is 1.52 bits per heavy atom. The van der Waals surface area contributed by atoms with Crippen molar-refractivity contribution >= 4 is 39.5 Å². The molecule has 7 nitrogen and oxygen atoms in total. The Hall–Kier alpha value is -2.16. The third-order valence-corrected chi connectivity index (χ3v) is 11.5. The zero-order valence-corrected chi connectivity index (χ0v) is 30.1. The summed E-state index contributed by atoms with van der Waals surface area (Å²) >= 11 is 10.1. The van der Waals surface area contributed by atoms with E-state index in [1.165, 1.54) is 35.2 Å². The number of rotatable bonds is 5. The maximum atomic E-state index is 13.2. The number of aromatic nitrogens is 1. The van der Waals surface area contributed by atoms with Gasteiger partial charge in [0.25, 0.3) is 0 Å². The van der Waals surface area contributed by atoms with Gasteiger partial charge in [-0.1, -0.05) is 17.7 Å². The van der Waals surface area contributed by atoms with Crippen molar-refractivity contribution in [3.8, 4) is 0 Å². The lowest BCUT2D eigenvalue weighted by Gasteiger charge is -2.41. The summed E-state index contributed by atoms with van der Waals surface area (Å²) in [4.78, 5) is 37.1. The summed E-state index contributed by atoms with van der Waals surface area (Å²) in [6.07, 6.45) is 10.8. The fourth-order valence-electron chi connectivity index (χ4n) is 8.25. The highest BCUT2D eigenvalue weighted by atomic mass is 79.9. The van der Waals surface area contributed by atoms with Crippen LogP contribution in [0.4, 0.5) is 4.79 Å². The Balaban J connectivity index is 0.964. The number of hydrogen-bond acceptors (Lipinski definition) is 5. The predicted octanol–water partition coefficient (Wildman–Crippen LogP) is 7.72. The number of pyridine rings is 1. The van der Waals surface area contributed by atoms with E-state index in [2.05, 4.69) is 43.9 Å². The molecule has 2 amide bonds. The number of fused-ring (bicyclic) bond motifs is 2. The monoisotopic (exact) mass is 712 g/mol. The van der Waals surface area contributed by atoms with Crippen LogP contribution in [0, 0.1) is 17.8 Å². The van der Waals surface area contributed by atoms with Crippen LogP contribution in [0.25, 0.3) is 0 Å². The maximum Gasteiger partial charge on any atom is 0.410 e. The van der Waals surface area contributed by atoms with Gasteiger partial charge in [0.05, 0.1) is 5.69 Å². The molecule has 1 unspecified atom stereocenters. The molecule has 0 radical (unpaired) electrons. The zero-order valence-electron chi connectivity index (χ0n) is 27.8. The summed E-state index contributed by atoms with van der Waals surface area (Å²) in [5.74, 6) is 2.37. The van der Waals surface area contributed by atoms with Crippen LogP contribution in [-0.4, -0.2) is 83.1 Å². The van der Waals surface area contributed by atoms with Gasteiger partial charge in [-0.15, -0.1) is 0 Å². The molecule has 4 aliphatic rings. The van der Waals surface area contributed by atoms with E-state index in [0.717, 1.165) is 86.7 Å². The first-order chi connectivity index (χ1) is 22.0. The van der Waals surface area contributed by atoms with Gasteiger partial charge < -0.3 is 19.4 Å². The Labute approximate surface area is 288 Å². The Kier molecular flexibility index (Phi) is 10.7. The van der Waals surface area contributed by atoms with E-state index in [4.69, 9.17) is 21.3 Å². The van der Waals surface area contributed by atoms with Gasteiger partial charge in [-0.2, -0.15) is 0 Å². The van der Waals surface area contributed by atoms with Crippen LogP contribution < -0.4 is 0 Å². The van der Waals surface area contributed by atoms with Crippen LogP contribution in [0.15, 0.2) is 34.9 Å². The fraction of sp³-hybridized carbons (Fsp3) is 0.649. The van der Waals surface area contributed by atoms with Crippen LogP contribution >= 0.6 is 27.5 Å². The molecule has 4 heterocycles. The van der Waals surface area contributed by atoms with Crippen LogP contribution in [0.3, 0.4) is 0 Å². The number of hydrogen-bond donors (Lipinski definition) is 0. The average molecular weight is 714 g/mol. The molecule has 2 aromatic rings. The number of benzene rings is 1. The molecule has 250 valence electrons. The van der Waals surface area contributed by atoms with Gasteiger partial charge in [0.1, 0.15) is 5.60 Å². The first-order valence-electron chi connectivity index (χ1n) is 17.4. The summed E-state index contributed by atoms with van der Waals surface area (Å²) in [5.41, 5.74) is 4.82. The van der Waals surface area contributed by atoms with Gasteiger partial charge >= 0.3 is 6.09 Å². The number of carbonyl (C=O) groups excluding carboxylic acids is 2. The predicted molar refractivity (Wildman–Crippen MR) is 186 cm³/mol. The van der Waals surface area contributed by atoms with Gasteiger partial charge in [0, 0.05) is 60.8 Å². The lowest BCUT2D eigenvalue weighted by Crippen LogP contribution is -2.45. The molecule has 9 heteroatoms. The lowest BCUT2D eigenvalue weighted by molar-refractivity contribution is -0.134. The van der Waals surface area contributed by atoms with Gasteiger partial charge in [-0.3, -0.25) is 9.78 Å². The van der Waals surface area contributed by atoms with Crippen LogP contribution in [0.1, 0.15) is 94.0 Å². The Morgan fingerprint density at radius 3 is 2.20 bits per heavy atom. The minimum absolute atomic E-state index is 0.235. The van der Waals surface area contributed by atoms with Crippen LogP contribution in [-0.2, 0) is 22.4 Å². The summed E-state index contributed by atoms with van der Waals surface area (Å²) in [6.45, 7) is 12.1. The van der Waals surface area contributed by atoms with E-state index in [9.17, 15) is 9.59 Å². The SMILES string of the molecule is CC(C)(C)OC(=O)N1CCC(CC(=O)N2CCC(C3CCN(CC4c5ccc(Cl)cc5CCc5cc(Br)cnc54)CC3)CC2)CC1. The molecule has 0 N–H and O–H groups in total. The van der Waals surface area contributed by atoms with Crippen LogP contribution in [0.5, 0.6) is 0 Å². The highest BCUT2D eigenvalue weighted by molar-refractivity contribution is 9.10. The van der Waals surface area contributed by atoms with E-state index in [1.807, 2.05) is 33.0 Å². The summed E-state index contributed by atoms with van der Waals surface area (Å²) in [6, 6.07) is 8.68. The first-order valence-corrected chi connectivity index (χ1v) is 18.6. The lowest BCUT2D eigenvalue weighted by atomic mass is 9.78. The van der Waals surface area contributed by atoms with E-state index >= 15 is 0 Å². The quantitative estimate of drug-likeness (QED) is 0.318. The molecule has 46 heavy (non-hydrogen) atoms. The molecule has 3 saturated heterocycles. The van der Waals surface area contributed by atoms with Crippen molar-refractivity contribution in [3.05, 3.63) is 62.3 Å².